The average molecular weight is 317 g/mol. The highest BCUT2D eigenvalue weighted by Gasteiger charge is 2.16. The number of aryl methyl sites for hydroxylation is 1. The molecule has 2 fully saturated rings. The van der Waals surface area contributed by atoms with Gasteiger partial charge in [0.15, 0.2) is 0 Å². The van der Waals surface area contributed by atoms with Gasteiger partial charge in [0.2, 0.25) is 5.91 Å². The average Bonchev–Trinajstić information content (AvgIpc) is 2.90. The molecule has 1 amide bonds. The Bertz CT molecular complexity index is 507. The van der Waals surface area contributed by atoms with Gasteiger partial charge in [0.05, 0.1) is 13.2 Å². The van der Waals surface area contributed by atoms with Gasteiger partial charge in [0.1, 0.15) is 5.82 Å². The molecule has 0 unspecified atom stereocenters. The first kappa shape index (κ1) is 16.2. The Morgan fingerprint density at radius 2 is 1.83 bits per heavy atom. The standard InChI is InChI=1S/C18H27N3O2/c22-18(21-9-3-1-2-4-10-21)6-5-16-7-8-19-17(15-16)20-11-13-23-14-12-20/h7-8,15H,1-6,9-14H2. The van der Waals surface area contributed by atoms with Crippen molar-refractivity contribution in [2.24, 2.45) is 0 Å². The van der Waals surface area contributed by atoms with Gasteiger partial charge < -0.3 is 14.5 Å². The molecule has 2 saturated heterocycles. The zero-order chi connectivity index (χ0) is 15.9. The van der Waals surface area contributed by atoms with Crippen LogP contribution >= 0.6 is 0 Å². The number of ether oxygens (including phenoxy) is 1. The summed E-state index contributed by atoms with van der Waals surface area (Å²) in [7, 11) is 0. The number of rotatable bonds is 4. The second-order valence-corrected chi connectivity index (χ2v) is 6.42. The molecule has 5 heteroatoms. The Balaban J connectivity index is 1.54. The monoisotopic (exact) mass is 317 g/mol. The van der Waals surface area contributed by atoms with Crippen molar-refractivity contribution in [3.8, 4) is 0 Å². The summed E-state index contributed by atoms with van der Waals surface area (Å²) in [5.41, 5.74) is 1.20. The van der Waals surface area contributed by atoms with Gasteiger partial charge in [-0.15, -0.1) is 0 Å². The van der Waals surface area contributed by atoms with E-state index in [4.69, 9.17) is 4.74 Å². The summed E-state index contributed by atoms with van der Waals surface area (Å²) >= 11 is 0. The normalized spacial score (nSPS) is 19.5. The number of likely N-dealkylation sites (tertiary alicyclic amines) is 1. The van der Waals surface area contributed by atoms with Crippen LogP contribution in [-0.4, -0.2) is 55.2 Å². The fourth-order valence-corrected chi connectivity index (χ4v) is 3.31. The predicted octanol–water partition coefficient (Wildman–Crippen LogP) is 2.25. The van der Waals surface area contributed by atoms with E-state index in [-0.39, 0.29) is 0 Å². The van der Waals surface area contributed by atoms with E-state index in [1.54, 1.807) is 0 Å². The molecule has 2 aliphatic heterocycles. The van der Waals surface area contributed by atoms with Gasteiger partial charge in [-0.05, 0) is 37.0 Å². The highest BCUT2D eigenvalue weighted by Crippen LogP contribution is 2.16. The number of amides is 1. The van der Waals surface area contributed by atoms with Crippen molar-refractivity contribution < 1.29 is 9.53 Å². The Labute approximate surface area is 138 Å². The smallest absolute Gasteiger partial charge is 0.222 e. The molecule has 1 aromatic heterocycles. The first-order valence-electron chi connectivity index (χ1n) is 8.88. The largest absolute Gasteiger partial charge is 0.378 e. The van der Waals surface area contributed by atoms with Crippen molar-refractivity contribution in [2.75, 3.05) is 44.3 Å². The van der Waals surface area contributed by atoms with Gasteiger partial charge in [-0.25, -0.2) is 4.98 Å². The van der Waals surface area contributed by atoms with Crippen molar-refractivity contribution in [3.63, 3.8) is 0 Å². The van der Waals surface area contributed by atoms with Crippen molar-refractivity contribution in [1.29, 1.82) is 0 Å². The summed E-state index contributed by atoms with van der Waals surface area (Å²) in [5.74, 6) is 1.31. The lowest BCUT2D eigenvalue weighted by molar-refractivity contribution is -0.131. The third-order valence-corrected chi connectivity index (χ3v) is 4.73. The molecule has 5 nitrogen and oxygen atoms in total. The topological polar surface area (TPSA) is 45.7 Å². The van der Waals surface area contributed by atoms with E-state index >= 15 is 0 Å². The SMILES string of the molecule is O=C(CCc1ccnc(N2CCOCC2)c1)N1CCCCCC1. The second kappa shape index (κ2) is 8.29. The van der Waals surface area contributed by atoms with E-state index in [0.717, 1.165) is 64.5 Å². The van der Waals surface area contributed by atoms with Crippen molar-refractivity contribution in [1.82, 2.24) is 9.88 Å². The lowest BCUT2D eigenvalue weighted by Crippen LogP contribution is -2.36. The number of carbonyl (C=O) groups excluding carboxylic acids is 1. The highest BCUT2D eigenvalue weighted by molar-refractivity contribution is 5.76. The van der Waals surface area contributed by atoms with Crippen LogP contribution in [-0.2, 0) is 16.0 Å². The Hall–Kier alpha value is -1.62. The molecule has 0 bridgehead atoms. The molecule has 1 aromatic rings. The molecule has 0 N–H and O–H groups in total. The number of carbonyl (C=O) groups is 1. The van der Waals surface area contributed by atoms with Crippen LogP contribution in [0.25, 0.3) is 0 Å². The predicted molar refractivity (Wildman–Crippen MR) is 90.6 cm³/mol. The lowest BCUT2D eigenvalue weighted by atomic mass is 10.1. The molecule has 3 heterocycles. The fraction of sp³-hybridized carbons (Fsp3) is 0.667. The molecule has 0 aromatic carbocycles. The summed E-state index contributed by atoms with van der Waals surface area (Å²) in [6.07, 6.45) is 8.09. The van der Waals surface area contributed by atoms with Crippen LogP contribution in [0.4, 0.5) is 5.82 Å². The molecule has 3 rings (SSSR count). The van der Waals surface area contributed by atoms with Crippen molar-refractivity contribution in [2.45, 2.75) is 38.5 Å². The van der Waals surface area contributed by atoms with Crippen molar-refractivity contribution >= 4 is 11.7 Å². The first-order chi connectivity index (χ1) is 11.3. The van der Waals surface area contributed by atoms with Gasteiger partial charge in [-0.1, -0.05) is 12.8 Å². The van der Waals surface area contributed by atoms with E-state index in [1.807, 2.05) is 12.3 Å². The molecule has 0 saturated carbocycles. The van der Waals surface area contributed by atoms with E-state index < -0.39 is 0 Å². The van der Waals surface area contributed by atoms with Crippen LogP contribution in [0.3, 0.4) is 0 Å². The molecule has 0 aliphatic carbocycles. The van der Waals surface area contributed by atoms with Crippen LogP contribution in [0.5, 0.6) is 0 Å². The summed E-state index contributed by atoms with van der Waals surface area (Å²) in [6.45, 7) is 5.19. The zero-order valence-corrected chi connectivity index (χ0v) is 13.9. The molecule has 0 spiro atoms. The summed E-state index contributed by atoms with van der Waals surface area (Å²) in [5, 5.41) is 0. The molecular formula is C18H27N3O2. The number of hydrogen-bond acceptors (Lipinski definition) is 4. The van der Waals surface area contributed by atoms with E-state index in [0.29, 0.717) is 12.3 Å². The number of nitrogens with zero attached hydrogens (tertiary/aromatic N) is 3. The van der Waals surface area contributed by atoms with E-state index in [9.17, 15) is 4.79 Å². The molecule has 0 radical (unpaired) electrons. The summed E-state index contributed by atoms with van der Waals surface area (Å²) < 4.78 is 5.39. The highest BCUT2D eigenvalue weighted by atomic mass is 16.5. The van der Waals surface area contributed by atoms with Crippen LogP contribution in [0.1, 0.15) is 37.7 Å². The number of hydrogen-bond donors (Lipinski definition) is 0. The molecule has 126 valence electrons. The molecular weight excluding hydrogens is 290 g/mol. The number of anilines is 1. The Morgan fingerprint density at radius 1 is 1.09 bits per heavy atom. The third kappa shape index (κ3) is 4.67. The first-order valence-corrected chi connectivity index (χ1v) is 8.88. The minimum absolute atomic E-state index is 0.302. The van der Waals surface area contributed by atoms with Crippen LogP contribution < -0.4 is 4.90 Å². The fourth-order valence-electron chi connectivity index (χ4n) is 3.31. The van der Waals surface area contributed by atoms with Gasteiger partial charge in [-0.3, -0.25) is 4.79 Å². The lowest BCUT2D eigenvalue weighted by Gasteiger charge is -2.28. The maximum absolute atomic E-state index is 12.4. The van der Waals surface area contributed by atoms with Crippen LogP contribution in [0.15, 0.2) is 18.3 Å². The quantitative estimate of drug-likeness (QED) is 0.854. The number of aromatic nitrogens is 1. The van der Waals surface area contributed by atoms with E-state index in [1.165, 1.54) is 18.4 Å². The number of pyridine rings is 1. The Kier molecular flexibility index (Phi) is 5.86. The minimum atomic E-state index is 0.302. The Morgan fingerprint density at radius 3 is 2.57 bits per heavy atom. The maximum atomic E-state index is 12.4. The summed E-state index contributed by atoms with van der Waals surface area (Å²) in [6, 6.07) is 4.15. The maximum Gasteiger partial charge on any atom is 0.222 e. The van der Waals surface area contributed by atoms with Gasteiger partial charge in [0.25, 0.3) is 0 Å². The summed E-state index contributed by atoms with van der Waals surface area (Å²) in [4.78, 5) is 21.2. The molecule has 2 aliphatic rings. The second-order valence-electron chi connectivity index (χ2n) is 6.42. The minimum Gasteiger partial charge on any atom is -0.378 e. The van der Waals surface area contributed by atoms with Gasteiger partial charge >= 0.3 is 0 Å². The van der Waals surface area contributed by atoms with Crippen LogP contribution in [0, 0.1) is 0 Å². The zero-order valence-electron chi connectivity index (χ0n) is 13.9. The molecule has 0 atom stereocenters. The third-order valence-electron chi connectivity index (χ3n) is 4.73. The van der Waals surface area contributed by atoms with Gasteiger partial charge in [0, 0.05) is 38.8 Å². The number of morpholine rings is 1. The molecule has 23 heavy (non-hydrogen) atoms. The van der Waals surface area contributed by atoms with Crippen molar-refractivity contribution in [3.05, 3.63) is 23.9 Å². The van der Waals surface area contributed by atoms with Crippen LogP contribution in [0.2, 0.25) is 0 Å². The van der Waals surface area contributed by atoms with Gasteiger partial charge in [-0.2, -0.15) is 0 Å². The van der Waals surface area contributed by atoms with E-state index in [2.05, 4.69) is 20.9 Å².